The maximum atomic E-state index is 11.5. The number of halogens is 1. The summed E-state index contributed by atoms with van der Waals surface area (Å²) >= 11 is 5.62. The summed E-state index contributed by atoms with van der Waals surface area (Å²) in [4.78, 5) is 11.5. The molecule has 0 aliphatic rings. The van der Waals surface area contributed by atoms with Gasteiger partial charge in [-0.3, -0.25) is 4.79 Å². The van der Waals surface area contributed by atoms with Gasteiger partial charge in [0.05, 0.1) is 5.56 Å². The largest absolute Gasteiger partial charge is 0.489 e. The van der Waals surface area contributed by atoms with Crippen molar-refractivity contribution in [1.29, 1.82) is 0 Å². The lowest BCUT2D eigenvalue weighted by molar-refractivity contribution is 0.107. The minimum absolute atomic E-state index is 0.343. The van der Waals surface area contributed by atoms with E-state index in [4.69, 9.17) is 16.3 Å². The number of ether oxygens (including phenoxy) is 1. The number of carbonyl (C=O) groups is 1. The molecule has 0 N–H and O–H groups in total. The molecule has 0 saturated heterocycles. The van der Waals surface area contributed by atoms with Crippen molar-refractivity contribution in [2.45, 2.75) is 0 Å². The lowest BCUT2D eigenvalue weighted by Gasteiger charge is -2.10. The standard InChI is InChI=1S/C14H11ClO2/c1-2-9-17-12-8-7-10-5-3-4-6-11(10)13(12)14(15)16/h2-8H,1,9H2. The minimum Gasteiger partial charge on any atom is -0.489 e. The molecule has 0 saturated carbocycles. The molecule has 0 bridgehead atoms. The van der Waals surface area contributed by atoms with E-state index in [0.29, 0.717) is 17.9 Å². The first kappa shape index (κ1) is 11.7. The average Bonchev–Trinajstić information content (AvgIpc) is 2.35. The molecule has 2 aromatic rings. The molecule has 0 amide bonds. The predicted octanol–water partition coefficient (Wildman–Crippen LogP) is 3.78. The highest BCUT2D eigenvalue weighted by Gasteiger charge is 2.14. The first-order valence-electron chi connectivity index (χ1n) is 5.19. The van der Waals surface area contributed by atoms with Gasteiger partial charge in [-0.1, -0.05) is 43.0 Å². The van der Waals surface area contributed by atoms with E-state index >= 15 is 0 Å². The van der Waals surface area contributed by atoms with Gasteiger partial charge in [0.1, 0.15) is 12.4 Å². The van der Waals surface area contributed by atoms with Crippen LogP contribution in [0.1, 0.15) is 10.4 Å². The maximum absolute atomic E-state index is 11.5. The zero-order valence-electron chi connectivity index (χ0n) is 9.15. The molecule has 0 fully saturated rings. The highest BCUT2D eigenvalue weighted by Crippen LogP contribution is 2.29. The van der Waals surface area contributed by atoms with Gasteiger partial charge in [-0.15, -0.1) is 0 Å². The first-order valence-corrected chi connectivity index (χ1v) is 5.57. The van der Waals surface area contributed by atoms with Gasteiger partial charge in [0.25, 0.3) is 5.24 Å². The zero-order valence-corrected chi connectivity index (χ0v) is 9.91. The molecule has 3 heteroatoms. The summed E-state index contributed by atoms with van der Waals surface area (Å²) in [7, 11) is 0. The topological polar surface area (TPSA) is 26.3 Å². The highest BCUT2D eigenvalue weighted by atomic mass is 35.5. The summed E-state index contributed by atoms with van der Waals surface area (Å²) in [6.07, 6.45) is 1.62. The van der Waals surface area contributed by atoms with Crippen molar-refractivity contribution in [1.82, 2.24) is 0 Å². The Morgan fingerprint density at radius 1 is 1.29 bits per heavy atom. The van der Waals surface area contributed by atoms with E-state index in [1.807, 2.05) is 30.3 Å². The molecule has 0 aromatic heterocycles. The van der Waals surface area contributed by atoms with Gasteiger partial charge >= 0.3 is 0 Å². The molecule has 17 heavy (non-hydrogen) atoms. The molecular formula is C14H11ClO2. The van der Waals surface area contributed by atoms with E-state index in [0.717, 1.165) is 10.8 Å². The first-order chi connectivity index (χ1) is 8.24. The third kappa shape index (κ3) is 2.32. The second-order valence-corrected chi connectivity index (χ2v) is 3.88. The summed E-state index contributed by atoms with van der Waals surface area (Å²) in [6.45, 7) is 3.91. The average molecular weight is 247 g/mol. The second kappa shape index (κ2) is 5.02. The SMILES string of the molecule is C=CCOc1ccc2ccccc2c1C(=O)Cl. The second-order valence-electron chi connectivity index (χ2n) is 3.53. The summed E-state index contributed by atoms with van der Waals surface area (Å²) in [5.41, 5.74) is 0.409. The van der Waals surface area contributed by atoms with Crippen LogP contribution in [0.15, 0.2) is 49.1 Å². The normalized spacial score (nSPS) is 10.2. The van der Waals surface area contributed by atoms with Crippen molar-refractivity contribution >= 4 is 27.6 Å². The molecule has 0 aliphatic heterocycles. The summed E-state index contributed by atoms with van der Waals surface area (Å²) in [5, 5.41) is 1.25. The van der Waals surface area contributed by atoms with Crippen LogP contribution < -0.4 is 4.74 Å². The predicted molar refractivity (Wildman–Crippen MR) is 69.8 cm³/mol. The summed E-state index contributed by atoms with van der Waals surface area (Å²) < 4.78 is 5.43. The van der Waals surface area contributed by atoms with Crippen LogP contribution in [-0.4, -0.2) is 11.8 Å². The van der Waals surface area contributed by atoms with Crippen molar-refractivity contribution in [3.8, 4) is 5.75 Å². The van der Waals surface area contributed by atoms with Gasteiger partial charge in [-0.25, -0.2) is 0 Å². The smallest absolute Gasteiger partial charge is 0.256 e. The van der Waals surface area contributed by atoms with Gasteiger partial charge in [-0.2, -0.15) is 0 Å². The minimum atomic E-state index is -0.513. The van der Waals surface area contributed by atoms with Crippen LogP contribution >= 0.6 is 11.6 Å². The number of carbonyl (C=O) groups excluding carboxylic acids is 1. The van der Waals surface area contributed by atoms with Gasteiger partial charge in [0, 0.05) is 0 Å². The molecule has 86 valence electrons. The Morgan fingerprint density at radius 2 is 2.06 bits per heavy atom. The van der Waals surface area contributed by atoms with Crippen LogP contribution in [0.25, 0.3) is 10.8 Å². The van der Waals surface area contributed by atoms with Gasteiger partial charge in [0.2, 0.25) is 0 Å². The van der Waals surface area contributed by atoms with E-state index in [-0.39, 0.29) is 0 Å². The third-order valence-electron chi connectivity index (χ3n) is 2.44. The molecule has 2 aromatic carbocycles. The van der Waals surface area contributed by atoms with E-state index < -0.39 is 5.24 Å². The van der Waals surface area contributed by atoms with Crippen molar-refractivity contribution < 1.29 is 9.53 Å². The third-order valence-corrected chi connectivity index (χ3v) is 2.63. The van der Waals surface area contributed by atoms with Crippen LogP contribution in [-0.2, 0) is 0 Å². The molecule has 0 radical (unpaired) electrons. The Bertz CT molecular complexity index is 575. The summed E-state index contributed by atoms with van der Waals surface area (Å²) in [6, 6.07) is 11.2. The van der Waals surface area contributed by atoms with Crippen molar-refractivity contribution in [3.63, 3.8) is 0 Å². The van der Waals surface area contributed by atoms with Crippen molar-refractivity contribution in [3.05, 3.63) is 54.6 Å². The number of rotatable bonds is 4. The molecule has 0 aliphatic carbocycles. The molecule has 0 unspecified atom stereocenters. The number of hydrogen-bond acceptors (Lipinski definition) is 2. The molecule has 2 rings (SSSR count). The van der Waals surface area contributed by atoms with Crippen LogP contribution in [0.2, 0.25) is 0 Å². The number of benzene rings is 2. The Balaban J connectivity index is 2.64. The number of fused-ring (bicyclic) bond motifs is 1. The van der Waals surface area contributed by atoms with Crippen LogP contribution in [0.4, 0.5) is 0 Å². The lowest BCUT2D eigenvalue weighted by atomic mass is 10.0. The van der Waals surface area contributed by atoms with E-state index in [1.165, 1.54) is 0 Å². The Labute approximate surface area is 104 Å². The highest BCUT2D eigenvalue weighted by molar-refractivity contribution is 6.69. The molecule has 2 nitrogen and oxygen atoms in total. The van der Waals surface area contributed by atoms with Crippen LogP contribution in [0.5, 0.6) is 5.75 Å². The van der Waals surface area contributed by atoms with Crippen LogP contribution in [0.3, 0.4) is 0 Å². The van der Waals surface area contributed by atoms with Crippen molar-refractivity contribution in [2.24, 2.45) is 0 Å². The monoisotopic (exact) mass is 246 g/mol. The maximum Gasteiger partial charge on any atom is 0.256 e. The molecular weight excluding hydrogens is 236 g/mol. The summed E-state index contributed by atoms with van der Waals surface area (Å²) in [5.74, 6) is 0.489. The van der Waals surface area contributed by atoms with E-state index in [2.05, 4.69) is 6.58 Å². The Kier molecular flexibility index (Phi) is 3.45. The fourth-order valence-electron chi connectivity index (χ4n) is 1.72. The van der Waals surface area contributed by atoms with E-state index in [9.17, 15) is 4.79 Å². The fraction of sp³-hybridized carbons (Fsp3) is 0.0714. The number of hydrogen-bond donors (Lipinski definition) is 0. The molecule has 0 atom stereocenters. The van der Waals surface area contributed by atoms with Crippen LogP contribution in [0, 0.1) is 0 Å². The molecule has 0 heterocycles. The van der Waals surface area contributed by atoms with Gasteiger partial charge < -0.3 is 4.74 Å². The zero-order chi connectivity index (χ0) is 12.3. The lowest BCUT2D eigenvalue weighted by Crippen LogP contribution is -2.00. The fourth-order valence-corrected chi connectivity index (χ4v) is 1.92. The Morgan fingerprint density at radius 3 is 2.76 bits per heavy atom. The van der Waals surface area contributed by atoms with Crippen molar-refractivity contribution in [2.75, 3.05) is 6.61 Å². The van der Waals surface area contributed by atoms with Gasteiger partial charge in [0.15, 0.2) is 0 Å². The van der Waals surface area contributed by atoms with Gasteiger partial charge in [-0.05, 0) is 28.4 Å². The van der Waals surface area contributed by atoms with E-state index in [1.54, 1.807) is 12.1 Å². The Hall–Kier alpha value is -1.80. The molecule has 0 spiro atoms. The quantitative estimate of drug-likeness (QED) is 0.606.